The van der Waals surface area contributed by atoms with Crippen LogP contribution in [0.4, 0.5) is 0 Å². The van der Waals surface area contributed by atoms with Crippen molar-refractivity contribution in [2.75, 3.05) is 6.61 Å². The molecule has 0 N–H and O–H groups in total. The van der Waals surface area contributed by atoms with Crippen LogP contribution in [0.3, 0.4) is 0 Å². The van der Waals surface area contributed by atoms with Crippen molar-refractivity contribution in [1.82, 2.24) is 0 Å². The molecule has 0 amide bonds. The van der Waals surface area contributed by atoms with Gasteiger partial charge in [0.05, 0.1) is 6.61 Å². The quantitative estimate of drug-likeness (QED) is 0.623. The predicted octanol–water partition coefficient (Wildman–Crippen LogP) is 3.89. The first-order valence-corrected chi connectivity index (χ1v) is 7.18. The van der Waals surface area contributed by atoms with Gasteiger partial charge in [-0.05, 0) is 37.8 Å². The molecule has 0 aliphatic heterocycles. The Morgan fingerprint density at radius 2 is 2.05 bits per heavy atom. The Bertz CT molecular complexity index is 541. The van der Waals surface area contributed by atoms with Gasteiger partial charge in [0.25, 0.3) is 0 Å². The van der Waals surface area contributed by atoms with E-state index in [9.17, 15) is 9.59 Å². The van der Waals surface area contributed by atoms with Gasteiger partial charge in [-0.2, -0.15) is 0 Å². The number of hydrogen-bond acceptors (Lipinski definition) is 3. The van der Waals surface area contributed by atoms with Crippen LogP contribution in [0.2, 0.25) is 0 Å². The van der Waals surface area contributed by atoms with Crippen molar-refractivity contribution >= 4 is 11.8 Å². The monoisotopic (exact) mass is 286 g/mol. The van der Waals surface area contributed by atoms with E-state index >= 15 is 0 Å². The Hall–Kier alpha value is -2.16. The highest BCUT2D eigenvalue weighted by Crippen LogP contribution is 2.23. The number of fused-ring (bicyclic) bond motifs is 1. The van der Waals surface area contributed by atoms with E-state index < -0.39 is 0 Å². The standard InChI is InChI=1S/C15H16O3.C3H6/c1-2-18-14(16)10-9-12-8-7-11-5-3-4-6-13(11)15(12)17;1-3-2/h3-6,8H,2,7,9-10H2,1H3;3H,1H2,2H3. The second kappa shape index (κ2) is 8.90. The number of carbonyl (C=O) groups excluding carboxylic acids is 2. The Labute approximate surface area is 126 Å². The summed E-state index contributed by atoms with van der Waals surface area (Å²) in [5.41, 5.74) is 2.54. The van der Waals surface area contributed by atoms with Crippen LogP contribution in [0.1, 0.15) is 42.6 Å². The van der Waals surface area contributed by atoms with Gasteiger partial charge in [0, 0.05) is 12.0 Å². The molecule has 1 aliphatic rings. The SMILES string of the molecule is C=CC.CCOC(=O)CCC1=CCc2ccccc2C1=O. The fraction of sp³-hybridized carbons (Fsp3) is 0.333. The normalized spacial score (nSPS) is 12.5. The summed E-state index contributed by atoms with van der Waals surface area (Å²) >= 11 is 0. The second-order valence-electron chi connectivity index (χ2n) is 4.63. The summed E-state index contributed by atoms with van der Waals surface area (Å²) < 4.78 is 4.86. The number of esters is 1. The maximum Gasteiger partial charge on any atom is 0.306 e. The molecule has 0 heterocycles. The minimum Gasteiger partial charge on any atom is -0.466 e. The van der Waals surface area contributed by atoms with Gasteiger partial charge in [-0.25, -0.2) is 0 Å². The summed E-state index contributed by atoms with van der Waals surface area (Å²) in [5, 5.41) is 0. The van der Waals surface area contributed by atoms with Crippen molar-refractivity contribution in [1.29, 1.82) is 0 Å². The third-order valence-electron chi connectivity index (χ3n) is 3.03. The lowest BCUT2D eigenvalue weighted by Gasteiger charge is -2.15. The summed E-state index contributed by atoms with van der Waals surface area (Å²) in [6.07, 6.45) is 5.17. The molecule has 0 aromatic heterocycles. The van der Waals surface area contributed by atoms with Crippen LogP contribution in [-0.2, 0) is 16.0 Å². The van der Waals surface area contributed by atoms with Gasteiger partial charge in [0.1, 0.15) is 0 Å². The molecule has 0 radical (unpaired) electrons. The minimum absolute atomic E-state index is 0.0427. The lowest BCUT2D eigenvalue weighted by Crippen LogP contribution is -2.14. The van der Waals surface area contributed by atoms with E-state index in [2.05, 4.69) is 6.58 Å². The van der Waals surface area contributed by atoms with E-state index in [1.54, 1.807) is 13.0 Å². The number of carbonyl (C=O) groups is 2. The number of ether oxygens (including phenoxy) is 1. The molecule has 1 aliphatic carbocycles. The van der Waals surface area contributed by atoms with Crippen LogP contribution in [0.15, 0.2) is 48.6 Å². The Morgan fingerprint density at radius 1 is 1.38 bits per heavy atom. The summed E-state index contributed by atoms with van der Waals surface area (Å²) in [6, 6.07) is 7.61. The molecule has 1 aromatic carbocycles. The van der Waals surface area contributed by atoms with Gasteiger partial charge >= 0.3 is 5.97 Å². The molecule has 0 saturated carbocycles. The van der Waals surface area contributed by atoms with Crippen molar-refractivity contribution in [2.45, 2.75) is 33.1 Å². The van der Waals surface area contributed by atoms with E-state index in [4.69, 9.17) is 4.74 Å². The van der Waals surface area contributed by atoms with Gasteiger partial charge in [0.15, 0.2) is 5.78 Å². The van der Waals surface area contributed by atoms with E-state index in [1.165, 1.54) is 0 Å². The number of hydrogen-bond donors (Lipinski definition) is 0. The predicted molar refractivity (Wildman–Crippen MR) is 84.3 cm³/mol. The number of allylic oxidation sites excluding steroid dienone is 3. The molecule has 1 aromatic rings. The second-order valence-corrected chi connectivity index (χ2v) is 4.63. The van der Waals surface area contributed by atoms with Crippen LogP contribution in [0.25, 0.3) is 0 Å². The molecular formula is C18H22O3. The highest BCUT2D eigenvalue weighted by Gasteiger charge is 2.20. The fourth-order valence-corrected chi connectivity index (χ4v) is 2.10. The molecule has 3 nitrogen and oxygen atoms in total. The number of ketones is 1. The number of benzene rings is 1. The molecule has 3 heteroatoms. The molecular weight excluding hydrogens is 264 g/mol. The third kappa shape index (κ3) is 5.03. The smallest absolute Gasteiger partial charge is 0.306 e. The topological polar surface area (TPSA) is 43.4 Å². The Balaban J connectivity index is 0.000000677. The molecule has 0 bridgehead atoms. The lowest BCUT2D eigenvalue weighted by atomic mass is 9.88. The van der Waals surface area contributed by atoms with Crippen molar-refractivity contribution < 1.29 is 14.3 Å². The zero-order chi connectivity index (χ0) is 15.7. The van der Waals surface area contributed by atoms with Crippen LogP contribution < -0.4 is 0 Å². The van der Waals surface area contributed by atoms with Gasteiger partial charge in [-0.15, -0.1) is 6.58 Å². The molecule has 0 fully saturated rings. The first-order valence-electron chi connectivity index (χ1n) is 7.18. The first kappa shape index (κ1) is 16.9. The summed E-state index contributed by atoms with van der Waals surface area (Å²) in [5.74, 6) is -0.203. The van der Waals surface area contributed by atoms with Crippen molar-refractivity contribution in [2.24, 2.45) is 0 Å². The zero-order valence-electron chi connectivity index (χ0n) is 12.7. The molecule has 0 unspecified atom stereocenters. The maximum absolute atomic E-state index is 12.2. The Kier molecular flexibility index (Phi) is 7.16. The summed E-state index contributed by atoms with van der Waals surface area (Å²) in [7, 11) is 0. The van der Waals surface area contributed by atoms with Crippen LogP contribution >= 0.6 is 0 Å². The van der Waals surface area contributed by atoms with E-state index in [-0.39, 0.29) is 18.2 Å². The zero-order valence-corrected chi connectivity index (χ0v) is 12.7. The molecule has 0 spiro atoms. The van der Waals surface area contributed by atoms with Gasteiger partial charge in [-0.1, -0.05) is 36.4 Å². The van der Waals surface area contributed by atoms with Gasteiger partial charge in [0.2, 0.25) is 0 Å². The molecule has 21 heavy (non-hydrogen) atoms. The number of rotatable bonds is 4. The highest BCUT2D eigenvalue weighted by molar-refractivity contribution is 6.10. The van der Waals surface area contributed by atoms with Crippen LogP contribution in [0, 0.1) is 0 Å². The lowest BCUT2D eigenvalue weighted by molar-refractivity contribution is -0.143. The molecule has 0 atom stereocenters. The largest absolute Gasteiger partial charge is 0.466 e. The average Bonchev–Trinajstić information content (AvgIpc) is 2.48. The number of Topliss-reactive ketones (excluding diaryl/α,β-unsaturated/α-hetero) is 1. The van der Waals surface area contributed by atoms with Crippen LogP contribution in [0.5, 0.6) is 0 Å². The summed E-state index contributed by atoms with van der Waals surface area (Å²) in [4.78, 5) is 23.4. The third-order valence-corrected chi connectivity index (χ3v) is 3.03. The van der Waals surface area contributed by atoms with E-state index in [0.29, 0.717) is 13.0 Å². The molecule has 0 saturated heterocycles. The fourth-order valence-electron chi connectivity index (χ4n) is 2.10. The summed E-state index contributed by atoms with van der Waals surface area (Å²) in [6.45, 7) is 7.41. The molecule has 112 valence electrons. The molecule has 2 rings (SSSR count). The Morgan fingerprint density at radius 3 is 2.71 bits per heavy atom. The van der Waals surface area contributed by atoms with E-state index in [1.807, 2.05) is 37.3 Å². The first-order chi connectivity index (χ1) is 10.1. The highest BCUT2D eigenvalue weighted by atomic mass is 16.5. The average molecular weight is 286 g/mol. The van der Waals surface area contributed by atoms with Crippen molar-refractivity contribution in [3.05, 3.63) is 59.7 Å². The van der Waals surface area contributed by atoms with Crippen molar-refractivity contribution in [3.63, 3.8) is 0 Å². The van der Waals surface area contributed by atoms with E-state index in [0.717, 1.165) is 23.1 Å². The van der Waals surface area contributed by atoms with Crippen molar-refractivity contribution in [3.8, 4) is 0 Å². The minimum atomic E-state index is -0.245. The van der Waals surface area contributed by atoms with Crippen LogP contribution in [-0.4, -0.2) is 18.4 Å². The maximum atomic E-state index is 12.2. The van der Waals surface area contributed by atoms with Gasteiger partial charge in [-0.3, -0.25) is 9.59 Å². The van der Waals surface area contributed by atoms with Gasteiger partial charge < -0.3 is 4.74 Å².